The maximum Gasteiger partial charge on any atom is 0.343 e. The maximum atomic E-state index is 12.9. The first-order chi connectivity index (χ1) is 18.8. The highest BCUT2D eigenvalue weighted by Gasteiger charge is 2.19. The second-order valence-corrected chi connectivity index (χ2v) is 10.6. The smallest absolute Gasteiger partial charge is 0.343 e. The number of benzene rings is 3. The molecule has 8 nitrogen and oxygen atoms in total. The van der Waals surface area contributed by atoms with E-state index in [2.05, 4.69) is 6.92 Å². The molecular weight excluding hydrogens is 520 g/mol. The Morgan fingerprint density at radius 3 is 2.05 bits per heavy atom. The van der Waals surface area contributed by atoms with Crippen molar-refractivity contribution >= 4 is 16.1 Å². The molecule has 0 radical (unpaired) electrons. The molecule has 9 heteroatoms. The Morgan fingerprint density at radius 2 is 1.46 bits per heavy atom. The first-order valence-electron chi connectivity index (χ1n) is 12.9. The van der Waals surface area contributed by atoms with Crippen molar-refractivity contribution in [1.82, 2.24) is 0 Å². The summed E-state index contributed by atoms with van der Waals surface area (Å²) in [7, 11) is -0.820. The predicted molar refractivity (Wildman–Crippen MR) is 149 cm³/mol. The average molecular weight is 557 g/mol. The summed E-state index contributed by atoms with van der Waals surface area (Å²) in [5.74, 6) is 0.969. The Balaban J connectivity index is 1.58. The Hall–Kier alpha value is -3.56. The molecule has 0 heterocycles. The van der Waals surface area contributed by atoms with Gasteiger partial charge < -0.3 is 18.9 Å². The number of rotatable bonds is 15. The van der Waals surface area contributed by atoms with E-state index in [4.69, 9.17) is 23.1 Å². The number of ether oxygens (including phenoxy) is 4. The predicted octanol–water partition coefficient (Wildman–Crippen LogP) is 6.14. The fourth-order valence-electron chi connectivity index (χ4n) is 3.78. The van der Waals surface area contributed by atoms with Gasteiger partial charge in [-0.05, 0) is 61.7 Å². The van der Waals surface area contributed by atoms with Gasteiger partial charge in [-0.3, -0.25) is 4.18 Å². The minimum absolute atomic E-state index is 0.0119. The van der Waals surface area contributed by atoms with Gasteiger partial charge in [0.05, 0.1) is 37.9 Å². The molecular formula is C30H36O8S. The van der Waals surface area contributed by atoms with E-state index in [0.717, 1.165) is 36.8 Å². The van der Waals surface area contributed by atoms with Gasteiger partial charge in [0.2, 0.25) is 5.75 Å². The van der Waals surface area contributed by atoms with E-state index < -0.39 is 16.1 Å². The summed E-state index contributed by atoms with van der Waals surface area (Å²) < 4.78 is 52.2. The molecule has 0 fully saturated rings. The maximum absolute atomic E-state index is 12.9. The molecule has 0 unspecified atom stereocenters. The third-order valence-electron chi connectivity index (χ3n) is 6.01. The number of methoxy groups -OCH3 is 2. The monoisotopic (exact) mass is 556 g/mol. The second kappa shape index (κ2) is 14.6. The molecule has 0 saturated heterocycles. The number of esters is 1. The van der Waals surface area contributed by atoms with Crippen LogP contribution in [0.1, 0.15) is 54.1 Å². The van der Waals surface area contributed by atoms with Crippen molar-refractivity contribution in [3.8, 4) is 23.0 Å². The molecule has 0 aliphatic heterocycles. The Morgan fingerprint density at radius 1 is 0.821 bits per heavy atom. The third-order valence-corrected chi connectivity index (χ3v) is 7.34. The molecule has 0 amide bonds. The van der Waals surface area contributed by atoms with Gasteiger partial charge in [0.15, 0.2) is 11.5 Å². The van der Waals surface area contributed by atoms with Crippen molar-refractivity contribution in [2.24, 2.45) is 0 Å². The topological polar surface area (TPSA) is 97.4 Å². The molecule has 0 spiro atoms. The van der Waals surface area contributed by atoms with Gasteiger partial charge in [-0.25, -0.2) is 4.79 Å². The molecule has 0 atom stereocenters. The van der Waals surface area contributed by atoms with Gasteiger partial charge >= 0.3 is 5.97 Å². The van der Waals surface area contributed by atoms with Gasteiger partial charge in [0.1, 0.15) is 5.75 Å². The van der Waals surface area contributed by atoms with Crippen LogP contribution in [0.2, 0.25) is 0 Å². The van der Waals surface area contributed by atoms with Crippen LogP contribution in [-0.4, -0.2) is 41.8 Å². The molecule has 0 saturated carbocycles. The molecule has 0 N–H and O–H groups in total. The van der Waals surface area contributed by atoms with Gasteiger partial charge in [-0.15, -0.1) is 0 Å². The third kappa shape index (κ3) is 8.73. The lowest BCUT2D eigenvalue weighted by atomic mass is 10.1. The van der Waals surface area contributed by atoms with Crippen LogP contribution in [-0.2, 0) is 20.7 Å². The summed E-state index contributed by atoms with van der Waals surface area (Å²) in [6, 6.07) is 16.4. The summed E-state index contributed by atoms with van der Waals surface area (Å²) in [4.78, 5) is 13.0. The van der Waals surface area contributed by atoms with E-state index in [-0.39, 0.29) is 17.1 Å². The molecule has 0 aliphatic rings. The summed E-state index contributed by atoms with van der Waals surface area (Å²) >= 11 is 0. The lowest BCUT2D eigenvalue weighted by Gasteiger charge is -2.16. The highest BCUT2D eigenvalue weighted by atomic mass is 32.2. The van der Waals surface area contributed by atoms with Crippen molar-refractivity contribution in [1.29, 1.82) is 0 Å². The number of hydrogen-bond acceptors (Lipinski definition) is 8. The summed E-state index contributed by atoms with van der Waals surface area (Å²) in [5.41, 5.74) is 2.05. The lowest BCUT2D eigenvalue weighted by Crippen LogP contribution is -2.11. The molecule has 0 aromatic heterocycles. The number of hydrogen-bond donors (Lipinski definition) is 0. The first kappa shape index (κ1) is 30.0. The number of unbranched alkanes of at least 4 members (excludes halogenated alkanes) is 3. The van der Waals surface area contributed by atoms with Crippen molar-refractivity contribution in [2.75, 3.05) is 27.4 Å². The van der Waals surface area contributed by atoms with E-state index in [0.29, 0.717) is 36.0 Å². The Bertz CT molecular complexity index is 1290. The largest absolute Gasteiger partial charge is 0.493 e. The zero-order valence-electron chi connectivity index (χ0n) is 22.9. The zero-order chi connectivity index (χ0) is 28.3. The molecule has 210 valence electrons. The van der Waals surface area contributed by atoms with Gasteiger partial charge in [-0.2, -0.15) is 8.42 Å². The normalized spacial score (nSPS) is 11.2. The minimum atomic E-state index is -3.82. The van der Waals surface area contributed by atoms with Gasteiger partial charge in [0.25, 0.3) is 10.1 Å². The van der Waals surface area contributed by atoms with Crippen LogP contribution in [0.4, 0.5) is 0 Å². The Kier molecular flexibility index (Phi) is 11.2. The first-order valence-corrected chi connectivity index (χ1v) is 14.3. The van der Waals surface area contributed by atoms with E-state index in [9.17, 15) is 13.2 Å². The fraction of sp³-hybridized carbons (Fsp3) is 0.367. The summed E-state index contributed by atoms with van der Waals surface area (Å²) in [6.45, 7) is 4.54. The molecule has 3 aromatic rings. The zero-order valence-corrected chi connectivity index (χ0v) is 23.7. The van der Waals surface area contributed by atoms with Crippen LogP contribution in [0.25, 0.3) is 0 Å². The Labute approximate surface area is 230 Å². The highest BCUT2D eigenvalue weighted by Crippen LogP contribution is 2.39. The van der Waals surface area contributed by atoms with E-state index >= 15 is 0 Å². The number of aryl methyl sites for hydroxylation is 1. The number of carbonyl (C=O) groups is 1. The second-order valence-electron chi connectivity index (χ2n) is 8.99. The number of carbonyl (C=O) groups excluding carboxylic acids is 1. The van der Waals surface area contributed by atoms with Gasteiger partial charge in [0, 0.05) is 0 Å². The van der Waals surface area contributed by atoms with Crippen LogP contribution in [0.3, 0.4) is 0 Å². The van der Waals surface area contributed by atoms with E-state index in [1.54, 1.807) is 48.5 Å². The van der Waals surface area contributed by atoms with Crippen LogP contribution < -0.4 is 18.9 Å². The summed E-state index contributed by atoms with van der Waals surface area (Å²) in [6.07, 6.45) is 4.64. The minimum Gasteiger partial charge on any atom is -0.493 e. The molecule has 3 rings (SSSR count). The standard InChI is InChI=1S/C30H36O8S/c1-5-6-7-8-18-36-29-27(34-3)20-24(21-28(29)35-4)30(31)38-25-13-11-23(12-14-25)17-19-37-39(32,33)26-15-9-22(2)10-16-26/h9-16,20-21H,5-8,17-19H2,1-4H3. The molecule has 3 aromatic carbocycles. The van der Waals surface area contributed by atoms with E-state index in [1.807, 2.05) is 6.92 Å². The fourth-order valence-corrected chi connectivity index (χ4v) is 4.68. The average Bonchev–Trinajstić information content (AvgIpc) is 2.93. The lowest BCUT2D eigenvalue weighted by molar-refractivity contribution is 0.0733. The van der Waals surface area contributed by atoms with Crippen LogP contribution in [0, 0.1) is 6.92 Å². The SMILES string of the molecule is CCCCCCOc1c(OC)cc(C(=O)Oc2ccc(CCOS(=O)(=O)c3ccc(C)cc3)cc2)cc1OC. The summed E-state index contributed by atoms with van der Waals surface area (Å²) in [5, 5.41) is 0. The van der Waals surface area contributed by atoms with Crippen LogP contribution >= 0.6 is 0 Å². The van der Waals surface area contributed by atoms with E-state index in [1.165, 1.54) is 26.4 Å². The van der Waals surface area contributed by atoms with Crippen molar-refractivity contribution in [3.05, 3.63) is 77.4 Å². The van der Waals surface area contributed by atoms with Crippen molar-refractivity contribution in [2.45, 2.75) is 50.8 Å². The van der Waals surface area contributed by atoms with Gasteiger partial charge in [-0.1, -0.05) is 56.0 Å². The van der Waals surface area contributed by atoms with Crippen molar-refractivity contribution in [3.63, 3.8) is 0 Å². The molecule has 39 heavy (non-hydrogen) atoms. The van der Waals surface area contributed by atoms with Crippen LogP contribution in [0.5, 0.6) is 23.0 Å². The van der Waals surface area contributed by atoms with Crippen molar-refractivity contribution < 1.29 is 36.3 Å². The quantitative estimate of drug-likeness (QED) is 0.0953. The molecule has 0 aliphatic carbocycles. The highest BCUT2D eigenvalue weighted by molar-refractivity contribution is 7.86. The van der Waals surface area contributed by atoms with Crippen LogP contribution in [0.15, 0.2) is 65.6 Å². The molecule has 0 bridgehead atoms.